The Kier molecular flexibility index (Phi) is 6.69. The SMILES string of the molecule is CC1CC2CCC3(c4ccccc4-c4ccc(N(c5ccc(-c6ccccc6)cc5)c5ccc6c(c5)C(C)(C)CCC6(C)C)cc43)C2C1. The van der Waals surface area contributed by atoms with Gasteiger partial charge in [-0.2, -0.15) is 0 Å². The van der Waals surface area contributed by atoms with Gasteiger partial charge in [-0.3, -0.25) is 0 Å². The molecular weight excluding hydrogens is 579 g/mol. The Morgan fingerprint density at radius 2 is 1.12 bits per heavy atom. The van der Waals surface area contributed by atoms with Gasteiger partial charge in [-0.15, -0.1) is 0 Å². The highest BCUT2D eigenvalue weighted by Gasteiger charge is 2.57. The first kappa shape index (κ1) is 30.0. The molecule has 48 heavy (non-hydrogen) atoms. The fourth-order valence-electron chi connectivity index (χ4n) is 10.7. The summed E-state index contributed by atoms with van der Waals surface area (Å²) in [6.07, 6.45) is 7.81. The quantitative estimate of drug-likeness (QED) is 0.192. The zero-order chi connectivity index (χ0) is 32.8. The van der Waals surface area contributed by atoms with Crippen LogP contribution in [0.1, 0.15) is 95.4 Å². The van der Waals surface area contributed by atoms with Gasteiger partial charge < -0.3 is 4.90 Å². The highest BCUT2D eigenvalue weighted by Crippen LogP contribution is 2.66. The van der Waals surface area contributed by atoms with E-state index >= 15 is 0 Å². The summed E-state index contributed by atoms with van der Waals surface area (Å²) in [6, 6.07) is 44.3. The van der Waals surface area contributed by atoms with Crippen molar-refractivity contribution in [2.45, 2.75) is 89.4 Å². The summed E-state index contributed by atoms with van der Waals surface area (Å²) in [4.78, 5) is 2.55. The minimum absolute atomic E-state index is 0.127. The summed E-state index contributed by atoms with van der Waals surface area (Å²) in [7, 11) is 0. The summed E-state index contributed by atoms with van der Waals surface area (Å²) in [5.74, 6) is 2.39. The Morgan fingerprint density at radius 3 is 1.90 bits per heavy atom. The Labute approximate surface area is 288 Å². The van der Waals surface area contributed by atoms with E-state index in [-0.39, 0.29) is 16.2 Å². The molecule has 242 valence electrons. The van der Waals surface area contributed by atoms with Crippen LogP contribution in [0.3, 0.4) is 0 Å². The average Bonchev–Trinajstić information content (AvgIpc) is 3.74. The summed E-state index contributed by atoms with van der Waals surface area (Å²) < 4.78 is 0. The molecule has 1 nitrogen and oxygen atoms in total. The molecular formula is C47H49N. The first-order valence-electron chi connectivity index (χ1n) is 18.5. The third-order valence-electron chi connectivity index (χ3n) is 13.2. The monoisotopic (exact) mass is 627 g/mol. The maximum absolute atomic E-state index is 2.61. The standard InChI is InChI=1S/C47H49N/c1-31-27-34-23-24-47(42(34)28-31)40-14-10-9-13-38(40)39-21-19-36(29-43(39)47)48(35-17-15-33(16-18-35)32-11-7-6-8-12-32)37-20-22-41-44(30-37)46(4,5)26-25-45(41,2)3/h6-22,29-31,34,42H,23-28H2,1-5H3. The van der Waals surface area contributed by atoms with E-state index in [1.54, 1.807) is 11.1 Å². The van der Waals surface area contributed by atoms with E-state index in [0.717, 1.165) is 17.8 Å². The Morgan fingerprint density at radius 1 is 0.521 bits per heavy atom. The maximum atomic E-state index is 2.61. The number of fused-ring (bicyclic) bond motifs is 8. The fraction of sp³-hybridized carbons (Fsp3) is 0.362. The minimum Gasteiger partial charge on any atom is -0.310 e. The lowest BCUT2D eigenvalue weighted by molar-refractivity contribution is 0.332. The van der Waals surface area contributed by atoms with Gasteiger partial charge in [0.15, 0.2) is 0 Å². The van der Waals surface area contributed by atoms with Crippen LogP contribution in [0.4, 0.5) is 17.1 Å². The molecule has 4 aliphatic rings. The van der Waals surface area contributed by atoms with E-state index in [0.29, 0.717) is 0 Å². The van der Waals surface area contributed by atoms with Gasteiger partial charge in [-0.1, -0.05) is 113 Å². The van der Waals surface area contributed by atoms with Crippen LogP contribution in [-0.2, 0) is 16.2 Å². The van der Waals surface area contributed by atoms with Crippen LogP contribution in [0, 0.1) is 17.8 Å². The molecule has 0 bridgehead atoms. The molecule has 4 atom stereocenters. The number of nitrogens with zero attached hydrogens (tertiary/aromatic N) is 1. The Balaban J connectivity index is 1.23. The van der Waals surface area contributed by atoms with Crippen LogP contribution >= 0.6 is 0 Å². The van der Waals surface area contributed by atoms with Crippen molar-refractivity contribution in [3.8, 4) is 22.3 Å². The van der Waals surface area contributed by atoms with E-state index in [4.69, 9.17) is 0 Å². The van der Waals surface area contributed by atoms with Crippen LogP contribution < -0.4 is 4.90 Å². The smallest absolute Gasteiger partial charge is 0.0465 e. The lowest BCUT2D eigenvalue weighted by Crippen LogP contribution is -2.34. The minimum atomic E-state index is 0.127. The first-order valence-corrected chi connectivity index (χ1v) is 18.5. The molecule has 5 aromatic rings. The molecule has 5 aromatic carbocycles. The van der Waals surface area contributed by atoms with Crippen LogP contribution in [0.15, 0.2) is 115 Å². The van der Waals surface area contributed by atoms with Crippen LogP contribution in [-0.4, -0.2) is 0 Å². The predicted octanol–water partition coefficient (Wildman–Crippen LogP) is 12.9. The number of rotatable bonds is 4. The van der Waals surface area contributed by atoms with Crippen molar-refractivity contribution in [3.63, 3.8) is 0 Å². The van der Waals surface area contributed by atoms with Gasteiger partial charge in [-0.25, -0.2) is 0 Å². The van der Waals surface area contributed by atoms with E-state index in [9.17, 15) is 0 Å². The van der Waals surface area contributed by atoms with Crippen molar-refractivity contribution < 1.29 is 0 Å². The van der Waals surface area contributed by atoms with E-state index in [2.05, 4.69) is 155 Å². The lowest BCUT2D eigenvalue weighted by Gasteiger charge is -2.42. The zero-order valence-electron chi connectivity index (χ0n) is 29.4. The fourth-order valence-corrected chi connectivity index (χ4v) is 10.7. The second kappa shape index (κ2) is 10.7. The second-order valence-corrected chi connectivity index (χ2v) is 17.0. The molecule has 1 spiro atoms. The van der Waals surface area contributed by atoms with Gasteiger partial charge in [0.1, 0.15) is 0 Å². The van der Waals surface area contributed by atoms with Gasteiger partial charge in [0.25, 0.3) is 0 Å². The second-order valence-electron chi connectivity index (χ2n) is 17.0. The number of hydrogen-bond donors (Lipinski definition) is 0. The third kappa shape index (κ3) is 4.42. The molecule has 0 heterocycles. The van der Waals surface area contributed by atoms with E-state index in [1.165, 1.54) is 89.0 Å². The molecule has 0 aliphatic heterocycles. The molecule has 0 N–H and O–H groups in total. The van der Waals surface area contributed by atoms with Crippen LogP contribution in [0.25, 0.3) is 22.3 Å². The van der Waals surface area contributed by atoms with Crippen molar-refractivity contribution >= 4 is 17.1 Å². The van der Waals surface area contributed by atoms with Gasteiger partial charge >= 0.3 is 0 Å². The average molecular weight is 628 g/mol. The largest absolute Gasteiger partial charge is 0.310 e. The summed E-state index contributed by atoms with van der Waals surface area (Å²) in [5, 5.41) is 0. The molecule has 4 unspecified atom stereocenters. The molecule has 2 saturated carbocycles. The molecule has 0 saturated heterocycles. The van der Waals surface area contributed by atoms with Crippen molar-refractivity contribution in [2.24, 2.45) is 17.8 Å². The summed E-state index contributed by atoms with van der Waals surface area (Å²) in [6.45, 7) is 12.2. The van der Waals surface area contributed by atoms with Crippen molar-refractivity contribution in [3.05, 3.63) is 138 Å². The van der Waals surface area contributed by atoms with Gasteiger partial charge in [0.05, 0.1) is 0 Å². The third-order valence-corrected chi connectivity index (χ3v) is 13.2. The Bertz CT molecular complexity index is 2010. The maximum Gasteiger partial charge on any atom is 0.0465 e. The molecule has 4 aliphatic carbocycles. The predicted molar refractivity (Wildman–Crippen MR) is 203 cm³/mol. The van der Waals surface area contributed by atoms with Crippen molar-refractivity contribution in [1.82, 2.24) is 0 Å². The number of anilines is 3. The molecule has 1 heteroatoms. The van der Waals surface area contributed by atoms with E-state index < -0.39 is 0 Å². The van der Waals surface area contributed by atoms with Gasteiger partial charge in [0, 0.05) is 22.5 Å². The van der Waals surface area contributed by atoms with Crippen molar-refractivity contribution in [1.29, 1.82) is 0 Å². The first-order chi connectivity index (χ1) is 23.2. The van der Waals surface area contributed by atoms with Gasteiger partial charge in [0.2, 0.25) is 0 Å². The normalized spacial score (nSPS) is 25.7. The molecule has 0 radical (unpaired) electrons. The highest BCUT2D eigenvalue weighted by atomic mass is 15.1. The molecule has 0 aromatic heterocycles. The molecule has 2 fully saturated rings. The van der Waals surface area contributed by atoms with Crippen LogP contribution in [0.5, 0.6) is 0 Å². The lowest BCUT2D eigenvalue weighted by atomic mass is 9.63. The van der Waals surface area contributed by atoms with Crippen molar-refractivity contribution in [2.75, 3.05) is 4.90 Å². The van der Waals surface area contributed by atoms with Gasteiger partial charge in [-0.05, 0) is 148 Å². The molecule has 9 rings (SSSR count). The highest BCUT2D eigenvalue weighted by molar-refractivity contribution is 5.87. The van der Waals surface area contributed by atoms with Crippen LogP contribution in [0.2, 0.25) is 0 Å². The topological polar surface area (TPSA) is 3.24 Å². The Hall–Kier alpha value is -4.10. The summed E-state index contributed by atoms with van der Waals surface area (Å²) >= 11 is 0. The zero-order valence-corrected chi connectivity index (χ0v) is 29.4. The number of benzene rings is 5. The molecule has 0 amide bonds. The van der Waals surface area contributed by atoms with E-state index in [1.807, 2.05) is 0 Å². The summed E-state index contributed by atoms with van der Waals surface area (Å²) in [5.41, 5.74) is 15.8. The number of hydrogen-bond acceptors (Lipinski definition) is 1.